The molecule has 0 spiro atoms. The summed E-state index contributed by atoms with van der Waals surface area (Å²) in [5.74, 6) is 1.36. The molecule has 7 nitrogen and oxygen atoms in total. The van der Waals surface area contributed by atoms with E-state index in [1.165, 1.54) is 32.1 Å². The molecule has 1 aromatic rings. The monoisotopic (exact) mass is 558 g/mol. The largest absolute Gasteiger partial charge is 0.481 e. The lowest BCUT2D eigenvalue weighted by Crippen LogP contribution is -2.50. The molecule has 0 aromatic heterocycles. The predicted octanol–water partition coefficient (Wildman–Crippen LogP) is 6.71. The standard InChI is InChI=1S/C18H26N2O5.C15H28/c1-3-18(2,24)11-10-14-4-6-15(7-5-14)12-19-13-25-20-16(21)8-9-17(22)23;1-11-7-8-13-14(3,4)9-6-10-15(13,5)12(11)2/h4-7,10-11,19,24H,3,8-9,12-13H2,1-2H3,(H,20,21)(H,22,23);11-13H,6-10H2,1-5H3/b11-10+;/t18-;/m1./s1. The summed E-state index contributed by atoms with van der Waals surface area (Å²) in [5.41, 5.74) is 4.65. The lowest BCUT2D eigenvalue weighted by Gasteiger charge is -2.58. The molecule has 0 saturated heterocycles. The molecule has 40 heavy (non-hydrogen) atoms. The summed E-state index contributed by atoms with van der Waals surface area (Å²) in [4.78, 5) is 26.5. The third-order valence-corrected chi connectivity index (χ3v) is 9.67. The molecule has 2 saturated carbocycles. The Kier molecular flexibility index (Phi) is 12.9. The summed E-state index contributed by atoms with van der Waals surface area (Å²) in [6.07, 6.45) is 11.3. The fraction of sp³-hybridized carbons (Fsp3) is 0.697. The van der Waals surface area contributed by atoms with Crippen molar-refractivity contribution in [3.63, 3.8) is 0 Å². The minimum absolute atomic E-state index is 0.111. The van der Waals surface area contributed by atoms with E-state index < -0.39 is 17.5 Å². The average Bonchev–Trinajstić information content (AvgIpc) is 2.89. The third kappa shape index (κ3) is 10.3. The Morgan fingerprint density at radius 1 is 1.10 bits per heavy atom. The number of carbonyl (C=O) groups is 2. The summed E-state index contributed by atoms with van der Waals surface area (Å²) < 4.78 is 0. The van der Waals surface area contributed by atoms with Gasteiger partial charge in [0.1, 0.15) is 6.73 Å². The number of benzene rings is 1. The van der Waals surface area contributed by atoms with Crippen molar-refractivity contribution >= 4 is 18.0 Å². The van der Waals surface area contributed by atoms with Gasteiger partial charge >= 0.3 is 5.97 Å². The first-order valence-corrected chi connectivity index (χ1v) is 15.0. The topological polar surface area (TPSA) is 108 Å². The number of carbonyl (C=O) groups excluding carboxylic acids is 1. The van der Waals surface area contributed by atoms with Crippen LogP contribution >= 0.6 is 0 Å². The van der Waals surface area contributed by atoms with Gasteiger partial charge < -0.3 is 10.2 Å². The van der Waals surface area contributed by atoms with Gasteiger partial charge in [0.25, 0.3) is 0 Å². The number of hydrogen-bond donors (Lipinski definition) is 4. The van der Waals surface area contributed by atoms with E-state index in [9.17, 15) is 14.7 Å². The molecule has 0 radical (unpaired) electrons. The van der Waals surface area contributed by atoms with Crippen LogP contribution in [0.2, 0.25) is 0 Å². The molecular weight excluding hydrogens is 504 g/mol. The maximum Gasteiger partial charge on any atom is 0.303 e. The summed E-state index contributed by atoms with van der Waals surface area (Å²) in [6, 6.07) is 7.82. The molecule has 0 bridgehead atoms. The van der Waals surface area contributed by atoms with Crippen LogP contribution in [-0.2, 0) is 21.0 Å². The van der Waals surface area contributed by atoms with Crippen LogP contribution in [-0.4, -0.2) is 34.4 Å². The molecular formula is C33H54N2O5. The SMILES string of the molecule is CC1CCC2C(C)(C)CCCC2(C)C1C.CC[C@@](C)(O)/C=C/c1ccc(CNCONC(=O)CCC(=O)O)cc1. The molecule has 4 N–H and O–H groups in total. The highest BCUT2D eigenvalue weighted by Gasteiger charge is 2.52. The quantitative estimate of drug-likeness (QED) is 0.137. The first kappa shape index (κ1) is 34.0. The number of rotatable bonds is 11. The van der Waals surface area contributed by atoms with E-state index >= 15 is 0 Å². The molecule has 0 aliphatic heterocycles. The van der Waals surface area contributed by atoms with Gasteiger partial charge in [-0.25, -0.2) is 5.48 Å². The van der Waals surface area contributed by atoms with Crippen LogP contribution in [0.4, 0.5) is 0 Å². The van der Waals surface area contributed by atoms with E-state index in [4.69, 9.17) is 9.94 Å². The van der Waals surface area contributed by atoms with Crippen molar-refractivity contribution < 1.29 is 24.6 Å². The summed E-state index contributed by atoms with van der Waals surface area (Å²) in [5, 5.41) is 21.4. The van der Waals surface area contributed by atoms with E-state index in [2.05, 4.69) is 45.4 Å². The van der Waals surface area contributed by atoms with Crippen LogP contribution in [0.3, 0.4) is 0 Å². The van der Waals surface area contributed by atoms with Crippen LogP contribution in [0.15, 0.2) is 30.3 Å². The number of hydroxylamine groups is 1. The molecule has 1 aromatic carbocycles. The first-order valence-electron chi connectivity index (χ1n) is 15.0. The maximum atomic E-state index is 11.2. The first-order chi connectivity index (χ1) is 18.7. The lowest BCUT2D eigenvalue weighted by atomic mass is 9.47. The van der Waals surface area contributed by atoms with Crippen molar-refractivity contribution in [2.75, 3.05) is 6.73 Å². The second-order valence-electron chi connectivity index (χ2n) is 13.2. The van der Waals surface area contributed by atoms with Gasteiger partial charge in [0.15, 0.2) is 0 Å². The zero-order valence-corrected chi connectivity index (χ0v) is 25.9. The van der Waals surface area contributed by atoms with Gasteiger partial charge in [-0.3, -0.25) is 19.7 Å². The maximum absolute atomic E-state index is 11.2. The Labute approximate surface area is 242 Å². The minimum atomic E-state index is -1.02. The van der Waals surface area contributed by atoms with E-state index in [1.807, 2.05) is 37.3 Å². The zero-order valence-electron chi connectivity index (χ0n) is 25.9. The van der Waals surface area contributed by atoms with Crippen molar-refractivity contribution in [2.24, 2.45) is 28.6 Å². The lowest BCUT2D eigenvalue weighted by molar-refractivity contribution is -0.141. The molecule has 2 aliphatic rings. The van der Waals surface area contributed by atoms with Crippen LogP contribution in [0.25, 0.3) is 6.08 Å². The smallest absolute Gasteiger partial charge is 0.303 e. The molecule has 7 heteroatoms. The Balaban J connectivity index is 0.000000315. The van der Waals surface area contributed by atoms with Crippen molar-refractivity contribution in [3.8, 4) is 0 Å². The Morgan fingerprint density at radius 3 is 2.40 bits per heavy atom. The molecule has 3 rings (SSSR count). The van der Waals surface area contributed by atoms with Crippen LogP contribution in [0.5, 0.6) is 0 Å². The van der Waals surface area contributed by atoms with Crippen LogP contribution < -0.4 is 10.8 Å². The zero-order chi connectivity index (χ0) is 30.0. The molecule has 5 atom stereocenters. The number of hydrogen-bond acceptors (Lipinski definition) is 5. The van der Waals surface area contributed by atoms with E-state index in [0.717, 1.165) is 28.9 Å². The van der Waals surface area contributed by atoms with E-state index in [-0.39, 0.29) is 19.6 Å². The number of fused-ring (bicyclic) bond motifs is 1. The summed E-state index contributed by atoms with van der Waals surface area (Å²) in [7, 11) is 0. The number of carboxylic acid groups (broad SMARTS) is 1. The fourth-order valence-corrected chi connectivity index (χ4v) is 6.54. The normalized spacial score (nSPS) is 27.1. The van der Waals surface area contributed by atoms with Gasteiger partial charge in [0, 0.05) is 13.0 Å². The Morgan fingerprint density at radius 2 is 1.77 bits per heavy atom. The molecule has 4 unspecified atom stereocenters. The molecule has 226 valence electrons. The van der Waals surface area contributed by atoms with Gasteiger partial charge in [-0.2, -0.15) is 0 Å². The highest BCUT2D eigenvalue weighted by molar-refractivity contribution is 5.79. The van der Waals surface area contributed by atoms with Crippen molar-refractivity contribution in [3.05, 3.63) is 41.5 Å². The summed E-state index contributed by atoms with van der Waals surface area (Å²) in [6.45, 7) is 16.9. The van der Waals surface area contributed by atoms with Crippen molar-refractivity contribution in [1.82, 2.24) is 10.8 Å². The number of aliphatic carboxylic acids is 1. The third-order valence-electron chi connectivity index (χ3n) is 9.67. The van der Waals surface area contributed by atoms with Gasteiger partial charge in [0.2, 0.25) is 5.91 Å². The van der Waals surface area contributed by atoms with E-state index in [1.54, 1.807) is 13.0 Å². The Bertz CT molecular complexity index is 972. The Hall–Kier alpha value is -2.22. The highest BCUT2D eigenvalue weighted by Crippen LogP contribution is 2.60. The molecule has 2 fully saturated rings. The average molecular weight is 559 g/mol. The highest BCUT2D eigenvalue weighted by atomic mass is 16.7. The number of carboxylic acids is 1. The van der Waals surface area contributed by atoms with Gasteiger partial charge in [-0.15, -0.1) is 0 Å². The molecule has 1 amide bonds. The number of aliphatic hydroxyl groups is 1. The summed E-state index contributed by atoms with van der Waals surface area (Å²) >= 11 is 0. The van der Waals surface area contributed by atoms with Gasteiger partial charge in [0.05, 0.1) is 12.0 Å². The molecule has 0 heterocycles. The number of amides is 1. The molecule has 2 aliphatic carbocycles. The van der Waals surface area contributed by atoms with Crippen molar-refractivity contribution in [2.45, 2.75) is 112 Å². The second kappa shape index (κ2) is 15.1. The predicted molar refractivity (Wildman–Crippen MR) is 161 cm³/mol. The minimum Gasteiger partial charge on any atom is -0.481 e. The van der Waals surface area contributed by atoms with Gasteiger partial charge in [-0.1, -0.05) is 90.8 Å². The van der Waals surface area contributed by atoms with Crippen LogP contribution in [0.1, 0.15) is 111 Å². The van der Waals surface area contributed by atoms with Crippen LogP contribution in [0, 0.1) is 28.6 Å². The second-order valence-corrected chi connectivity index (χ2v) is 13.2. The van der Waals surface area contributed by atoms with Gasteiger partial charge in [-0.05, 0) is 72.3 Å². The number of nitrogens with one attached hydrogen (secondary N) is 2. The van der Waals surface area contributed by atoms with E-state index in [0.29, 0.717) is 23.8 Å². The van der Waals surface area contributed by atoms with Crippen molar-refractivity contribution in [1.29, 1.82) is 0 Å². The fourth-order valence-electron chi connectivity index (χ4n) is 6.54.